The first-order chi connectivity index (χ1) is 9.72. The predicted octanol–water partition coefficient (Wildman–Crippen LogP) is 2.53. The first-order valence-electron chi connectivity index (χ1n) is 7.17. The Morgan fingerprint density at radius 2 is 2.20 bits per heavy atom. The van der Waals surface area contributed by atoms with E-state index in [1.807, 2.05) is 12.1 Å². The molecule has 1 unspecified atom stereocenters. The van der Waals surface area contributed by atoms with E-state index in [2.05, 4.69) is 32.6 Å². The standard InChI is InChI=1S/C15H19BrN2O2/c16-10-3-6-12-13(2-1-7-20-14(12)8-10)17-9-15(19)18-11-4-5-11/h3,6,8,11,13,17H,1-2,4-5,7,9H2,(H,18,19). The van der Waals surface area contributed by atoms with Crippen LogP contribution in [0.15, 0.2) is 22.7 Å². The number of amides is 1. The van der Waals surface area contributed by atoms with E-state index in [9.17, 15) is 4.79 Å². The number of halogens is 1. The maximum Gasteiger partial charge on any atom is 0.234 e. The molecule has 4 nitrogen and oxygen atoms in total. The van der Waals surface area contributed by atoms with E-state index in [0.717, 1.165) is 48.1 Å². The third-order valence-electron chi connectivity index (χ3n) is 3.70. The summed E-state index contributed by atoms with van der Waals surface area (Å²) in [5, 5.41) is 6.36. The molecule has 2 N–H and O–H groups in total. The molecule has 0 radical (unpaired) electrons. The molecule has 1 aromatic rings. The van der Waals surface area contributed by atoms with Gasteiger partial charge in [-0.05, 0) is 37.8 Å². The molecule has 2 aliphatic rings. The van der Waals surface area contributed by atoms with Crippen LogP contribution in [0.3, 0.4) is 0 Å². The summed E-state index contributed by atoms with van der Waals surface area (Å²) in [6.45, 7) is 1.10. The molecule has 1 fully saturated rings. The second kappa shape index (κ2) is 6.14. The molecule has 108 valence electrons. The van der Waals surface area contributed by atoms with Gasteiger partial charge in [-0.3, -0.25) is 4.79 Å². The Kier molecular flexibility index (Phi) is 4.27. The summed E-state index contributed by atoms with van der Waals surface area (Å²) in [6, 6.07) is 6.70. The summed E-state index contributed by atoms with van der Waals surface area (Å²) in [7, 11) is 0. The maximum atomic E-state index is 11.8. The Morgan fingerprint density at radius 1 is 1.35 bits per heavy atom. The average molecular weight is 339 g/mol. The molecule has 1 aliphatic heterocycles. The zero-order chi connectivity index (χ0) is 13.9. The topological polar surface area (TPSA) is 50.4 Å². The van der Waals surface area contributed by atoms with Gasteiger partial charge >= 0.3 is 0 Å². The lowest BCUT2D eigenvalue weighted by molar-refractivity contribution is -0.120. The largest absolute Gasteiger partial charge is 0.493 e. The summed E-state index contributed by atoms with van der Waals surface area (Å²) in [5.74, 6) is 1.01. The van der Waals surface area contributed by atoms with Gasteiger partial charge in [0.1, 0.15) is 5.75 Å². The van der Waals surface area contributed by atoms with E-state index in [4.69, 9.17) is 4.74 Å². The smallest absolute Gasteiger partial charge is 0.234 e. The van der Waals surface area contributed by atoms with Gasteiger partial charge in [0.2, 0.25) is 5.91 Å². The molecule has 5 heteroatoms. The number of ether oxygens (including phenoxy) is 1. The average Bonchev–Trinajstić information content (AvgIpc) is 3.23. The molecule has 1 saturated carbocycles. The third kappa shape index (κ3) is 3.52. The molecule has 0 aromatic heterocycles. The number of hydrogen-bond donors (Lipinski definition) is 2. The van der Waals surface area contributed by atoms with Crippen LogP contribution in [-0.4, -0.2) is 25.1 Å². The van der Waals surface area contributed by atoms with E-state index < -0.39 is 0 Å². The van der Waals surface area contributed by atoms with Crippen LogP contribution in [0.4, 0.5) is 0 Å². The lowest BCUT2D eigenvalue weighted by Gasteiger charge is -2.18. The second-order valence-corrected chi connectivity index (χ2v) is 6.36. The molecule has 20 heavy (non-hydrogen) atoms. The molecule has 0 spiro atoms. The number of carbonyl (C=O) groups is 1. The number of nitrogens with one attached hydrogen (secondary N) is 2. The van der Waals surface area contributed by atoms with Gasteiger partial charge in [-0.25, -0.2) is 0 Å². The summed E-state index contributed by atoms with van der Waals surface area (Å²) in [5.41, 5.74) is 1.14. The fourth-order valence-electron chi connectivity index (χ4n) is 2.48. The highest BCUT2D eigenvalue weighted by Crippen LogP contribution is 2.33. The van der Waals surface area contributed by atoms with E-state index in [-0.39, 0.29) is 11.9 Å². The van der Waals surface area contributed by atoms with Gasteiger partial charge in [-0.2, -0.15) is 0 Å². The molecular weight excluding hydrogens is 320 g/mol. The number of hydrogen-bond acceptors (Lipinski definition) is 3. The molecule has 1 atom stereocenters. The van der Waals surface area contributed by atoms with Gasteiger partial charge in [0.05, 0.1) is 13.2 Å². The molecule has 1 heterocycles. The van der Waals surface area contributed by atoms with E-state index in [1.165, 1.54) is 0 Å². The van der Waals surface area contributed by atoms with Crippen LogP contribution in [0.2, 0.25) is 0 Å². The van der Waals surface area contributed by atoms with Crippen molar-refractivity contribution in [3.63, 3.8) is 0 Å². The highest BCUT2D eigenvalue weighted by molar-refractivity contribution is 9.10. The first kappa shape index (κ1) is 13.9. The molecule has 1 amide bonds. The van der Waals surface area contributed by atoms with Crippen molar-refractivity contribution in [2.24, 2.45) is 0 Å². The minimum absolute atomic E-state index is 0.0938. The quantitative estimate of drug-likeness (QED) is 0.886. The second-order valence-electron chi connectivity index (χ2n) is 5.45. The van der Waals surface area contributed by atoms with Gasteiger partial charge in [0.15, 0.2) is 0 Å². The van der Waals surface area contributed by atoms with Crippen LogP contribution < -0.4 is 15.4 Å². The van der Waals surface area contributed by atoms with Crippen LogP contribution in [0.25, 0.3) is 0 Å². The number of fused-ring (bicyclic) bond motifs is 1. The molecule has 3 rings (SSSR count). The minimum atomic E-state index is 0.0938. The Hall–Kier alpha value is -1.07. The van der Waals surface area contributed by atoms with Crippen LogP contribution in [0, 0.1) is 0 Å². The molecule has 0 saturated heterocycles. The van der Waals surface area contributed by atoms with Crippen molar-refractivity contribution in [3.05, 3.63) is 28.2 Å². The van der Waals surface area contributed by atoms with Crippen molar-refractivity contribution in [3.8, 4) is 5.75 Å². The predicted molar refractivity (Wildman–Crippen MR) is 80.8 cm³/mol. The molecule has 1 aromatic carbocycles. The summed E-state index contributed by atoms with van der Waals surface area (Å²) in [4.78, 5) is 11.8. The Balaban J connectivity index is 1.64. The highest BCUT2D eigenvalue weighted by Gasteiger charge is 2.24. The number of carbonyl (C=O) groups excluding carboxylic acids is 1. The summed E-state index contributed by atoms with van der Waals surface area (Å²) >= 11 is 3.47. The molecule has 1 aliphatic carbocycles. The Morgan fingerprint density at radius 3 is 3.00 bits per heavy atom. The van der Waals surface area contributed by atoms with E-state index in [0.29, 0.717) is 12.6 Å². The highest BCUT2D eigenvalue weighted by atomic mass is 79.9. The van der Waals surface area contributed by atoms with Crippen molar-refractivity contribution in [1.29, 1.82) is 0 Å². The van der Waals surface area contributed by atoms with Crippen molar-refractivity contribution in [2.75, 3.05) is 13.2 Å². The molecular formula is C15H19BrN2O2. The van der Waals surface area contributed by atoms with E-state index in [1.54, 1.807) is 0 Å². The third-order valence-corrected chi connectivity index (χ3v) is 4.19. The van der Waals surface area contributed by atoms with Gasteiger partial charge in [0, 0.05) is 22.1 Å². The lowest BCUT2D eigenvalue weighted by Crippen LogP contribution is -2.36. The maximum absolute atomic E-state index is 11.8. The minimum Gasteiger partial charge on any atom is -0.493 e. The summed E-state index contributed by atoms with van der Waals surface area (Å²) < 4.78 is 6.79. The van der Waals surface area contributed by atoms with E-state index >= 15 is 0 Å². The number of benzene rings is 1. The van der Waals surface area contributed by atoms with Gasteiger partial charge in [0.25, 0.3) is 0 Å². The Bertz CT molecular complexity index is 503. The van der Waals surface area contributed by atoms with Gasteiger partial charge < -0.3 is 15.4 Å². The number of rotatable bonds is 4. The van der Waals surface area contributed by atoms with Crippen molar-refractivity contribution >= 4 is 21.8 Å². The SMILES string of the molecule is O=C(CNC1CCCOc2cc(Br)ccc21)NC1CC1. The summed E-state index contributed by atoms with van der Waals surface area (Å²) in [6.07, 6.45) is 4.24. The van der Waals surface area contributed by atoms with Crippen molar-refractivity contribution in [1.82, 2.24) is 10.6 Å². The lowest BCUT2D eigenvalue weighted by atomic mass is 10.0. The zero-order valence-electron chi connectivity index (χ0n) is 11.3. The molecule has 0 bridgehead atoms. The fourth-order valence-corrected chi connectivity index (χ4v) is 2.82. The van der Waals surface area contributed by atoms with Crippen LogP contribution in [0.1, 0.15) is 37.3 Å². The normalized spacial score (nSPS) is 21.6. The Labute approximate surface area is 127 Å². The van der Waals surface area contributed by atoms with Crippen LogP contribution >= 0.6 is 15.9 Å². The van der Waals surface area contributed by atoms with Gasteiger partial charge in [-0.1, -0.05) is 22.0 Å². The fraction of sp³-hybridized carbons (Fsp3) is 0.533. The van der Waals surface area contributed by atoms with Crippen LogP contribution in [-0.2, 0) is 4.79 Å². The van der Waals surface area contributed by atoms with Crippen molar-refractivity contribution < 1.29 is 9.53 Å². The van der Waals surface area contributed by atoms with Crippen LogP contribution in [0.5, 0.6) is 5.75 Å². The first-order valence-corrected chi connectivity index (χ1v) is 7.96. The zero-order valence-corrected chi connectivity index (χ0v) is 12.9. The van der Waals surface area contributed by atoms with Gasteiger partial charge in [-0.15, -0.1) is 0 Å². The van der Waals surface area contributed by atoms with Crippen molar-refractivity contribution in [2.45, 2.75) is 37.8 Å². The monoisotopic (exact) mass is 338 g/mol.